The minimum absolute atomic E-state index is 0.317. The molecule has 2 rings (SSSR count). The summed E-state index contributed by atoms with van der Waals surface area (Å²) in [5, 5.41) is 0. The number of carbonyl (C=O) groups is 2. The third kappa shape index (κ3) is 2.78. The normalized spacial score (nSPS) is 10.2. The molecule has 1 aromatic heterocycles. The predicted molar refractivity (Wildman–Crippen MR) is 80.6 cm³/mol. The van der Waals surface area contributed by atoms with Gasteiger partial charge < -0.3 is 19.8 Å². The summed E-state index contributed by atoms with van der Waals surface area (Å²) >= 11 is 3.36. The average Bonchev–Trinajstić information content (AvgIpc) is 2.93. The second-order valence-electron chi connectivity index (χ2n) is 4.14. The van der Waals surface area contributed by atoms with Crippen molar-refractivity contribution in [1.29, 1.82) is 0 Å². The summed E-state index contributed by atoms with van der Waals surface area (Å²) in [7, 11) is 2.60. The third-order valence-corrected chi connectivity index (χ3v) is 3.50. The van der Waals surface area contributed by atoms with Gasteiger partial charge in [-0.15, -0.1) is 0 Å². The van der Waals surface area contributed by atoms with Crippen molar-refractivity contribution in [2.24, 2.45) is 0 Å². The molecule has 0 aliphatic rings. The highest BCUT2D eigenvalue weighted by Gasteiger charge is 2.18. The molecule has 0 radical (unpaired) electrons. The van der Waals surface area contributed by atoms with Gasteiger partial charge in [0.2, 0.25) is 0 Å². The molecule has 0 amide bonds. The van der Waals surface area contributed by atoms with E-state index in [0.717, 1.165) is 0 Å². The maximum absolute atomic E-state index is 11.7. The second-order valence-corrected chi connectivity index (χ2v) is 5.00. The molecule has 0 aliphatic carbocycles. The lowest BCUT2D eigenvalue weighted by Crippen LogP contribution is -2.11. The van der Waals surface area contributed by atoms with Gasteiger partial charge in [0.15, 0.2) is 0 Å². The Morgan fingerprint density at radius 1 is 1.19 bits per heavy atom. The van der Waals surface area contributed by atoms with E-state index in [1.807, 2.05) is 0 Å². The first kappa shape index (κ1) is 15.1. The van der Waals surface area contributed by atoms with Gasteiger partial charge in [-0.25, -0.2) is 9.59 Å². The molecule has 2 N–H and O–H groups in total. The lowest BCUT2D eigenvalue weighted by atomic mass is 10.1. The first-order chi connectivity index (χ1) is 9.99. The highest BCUT2D eigenvalue weighted by Crippen LogP contribution is 2.30. The van der Waals surface area contributed by atoms with Crippen molar-refractivity contribution in [3.63, 3.8) is 0 Å². The van der Waals surface area contributed by atoms with Gasteiger partial charge in [0.05, 0.1) is 31.2 Å². The number of benzene rings is 1. The molecule has 0 bridgehead atoms. The summed E-state index contributed by atoms with van der Waals surface area (Å²) in [4.78, 5) is 23.3. The topological polar surface area (TPSA) is 83.5 Å². The number of nitrogen functional groups attached to an aromatic ring is 1. The molecular weight excluding hydrogens is 340 g/mol. The molecule has 21 heavy (non-hydrogen) atoms. The Balaban J connectivity index is 2.58. The van der Waals surface area contributed by atoms with Crippen molar-refractivity contribution < 1.29 is 19.1 Å². The number of rotatable bonds is 3. The van der Waals surface area contributed by atoms with Crippen molar-refractivity contribution in [1.82, 2.24) is 4.57 Å². The van der Waals surface area contributed by atoms with Gasteiger partial charge in [-0.2, -0.15) is 0 Å². The van der Waals surface area contributed by atoms with Crippen LogP contribution >= 0.6 is 15.9 Å². The van der Waals surface area contributed by atoms with Crippen molar-refractivity contribution >= 4 is 33.6 Å². The van der Waals surface area contributed by atoms with Gasteiger partial charge in [-0.1, -0.05) is 0 Å². The molecule has 0 atom stereocenters. The van der Waals surface area contributed by atoms with Crippen LogP contribution in [0.2, 0.25) is 0 Å². The van der Waals surface area contributed by atoms with Crippen LogP contribution in [0.3, 0.4) is 0 Å². The molecule has 0 aliphatic heterocycles. The number of aromatic nitrogens is 1. The zero-order valence-electron chi connectivity index (χ0n) is 11.4. The molecule has 7 heteroatoms. The number of halogens is 1. The van der Waals surface area contributed by atoms with E-state index >= 15 is 0 Å². The Labute approximate surface area is 129 Å². The number of anilines is 1. The molecular formula is C14H13BrN2O4. The fourth-order valence-electron chi connectivity index (χ4n) is 1.96. The van der Waals surface area contributed by atoms with Crippen LogP contribution in [0, 0.1) is 0 Å². The molecule has 1 aromatic carbocycles. The molecule has 0 saturated heterocycles. The number of methoxy groups -OCH3 is 2. The fraction of sp³-hybridized carbons (Fsp3) is 0.143. The zero-order valence-corrected chi connectivity index (χ0v) is 13.0. The van der Waals surface area contributed by atoms with E-state index in [-0.39, 0.29) is 0 Å². The van der Waals surface area contributed by atoms with Gasteiger partial charge in [-0.3, -0.25) is 0 Å². The smallest absolute Gasteiger partial charge is 0.355 e. The maximum atomic E-state index is 11.7. The van der Waals surface area contributed by atoms with Crippen LogP contribution in [0.1, 0.15) is 20.8 Å². The van der Waals surface area contributed by atoms with Crippen LogP contribution in [0.15, 0.2) is 34.9 Å². The Bertz CT molecular complexity index is 686. The Hall–Kier alpha value is -2.28. The van der Waals surface area contributed by atoms with Gasteiger partial charge >= 0.3 is 11.9 Å². The number of ether oxygens (including phenoxy) is 2. The van der Waals surface area contributed by atoms with Crippen LogP contribution in [-0.2, 0) is 9.47 Å². The zero-order chi connectivity index (χ0) is 15.6. The lowest BCUT2D eigenvalue weighted by molar-refractivity contribution is 0.0585. The predicted octanol–water partition coefficient (Wildman–Crippen LogP) is 2.40. The van der Waals surface area contributed by atoms with Crippen molar-refractivity contribution in [3.05, 3.63) is 46.2 Å². The van der Waals surface area contributed by atoms with Crippen molar-refractivity contribution in [3.8, 4) is 5.69 Å². The molecule has 0 unspecified atom stereocenters. The van der Waals surface area contributed by atoms with E-state index in [1.165, 1.54) is 20.3 Å². The average molecular weight is 353 g/mol. The summed E-state index contributed by atoms with van der Waals surface area (Å²) in [6, 6.07) is 6.39. The Kier molecular flexibility index (Phi) is 4.32. The van der Waals surface area contributed by atoms with E-state index in [0.29, 0.717) is 27.1 Å². The monoisotopic (exact) mass is 352 g/mol. The largest absolute Gasteiger partial charge is 0.465 e. The minimum Gasteiger partial charge on any atom is -0.465 e. The van der Waals surface area contributed by atoms with Crippen LogP contribution in [0.25, 0.3) is 5.69 Å². The van der Waals surface area contributed by atoms with Crippen LogP contribution in [0.5, 0.6) is 0 Å². The van der Waals surface area contributed by atoms with E-state index in [1.54, 1.807) is 29.0 Å². The van der Waals surface area contributed by atoms with Gasteiger partial charge in [0.25, 0.3) is 0 Å². The van der Waals surface area contributed by atoms with E-state index < -0.39 is 11.9 Å². The van der Waals surface area contributed by atoms with Gasteiger partial charge in [0.1, 0.15) is 5.69 Å². The van der Waals surface area contributed by atoms with Gasteiger partial charge in [0, 0.05) is 10.7 Å². The molecule has 0 saturated carbocycles. The molecule has 1 heterocycles. The summed E-state index contributed by atoms with van der Waals surface area (Å²) in [6.45, 7) is 0. The number of esters is 2. The molecule has 110 valence electrons. The van der Waals surface area contributed by atoms with Crippen molar-refractivity contribution in [2.45, 2.75) is 0 Å². The number of carbonyl (C=O) groups excluding carboxylic acids is 2. The highest BCUT2D eigenvalue weighted by molar-refractivity contribution is 9.10. The first-order valence-electron chi connectivity index (χ1n) is 5.93. The lowest BCUT2D eigenvalue weighted by Gasteiger charge is -2.14. The Morgan fingerprint density at radius 3 is 2.43 bits per heavy atom. The van der Waals surface area contributed by atoms with E-state index in [4.69, 9.17) is 10.5 Å². The third-order valence-electron chi connectivity index (χ3n) is 2.90. The number of nitrogens with two attached hydrogens (primary N) is 1. The van der Waals surface area contributed by atoms with Crippen LogP contribution < -0.4 is 5.73 Å². The van der Waals surface area contributed by atoms with Crippen LogP contribution in [0.4, 0.5) is 5.69 Å². The van der Waals surface area contributed by atoms with E-state index in [2.05, 4.69) is 20.7 Å². The number of hydrogen-bond acceptors (Lipinski definition) is 5. The summed E-state index contributed by atoms with van der Waals surface area (Å²) in [6.07, 6.45) is 1.68. The van der Waals surface area contributed by atoms with Crippen molar-refractivity contribution in [2.75, 3.05) is 20.0 Å². The first-order valence-corrected chi connectivity index (χ1v) is 6.72. The maximum Gasteiger partial charge on any atom is 0.355 e. The number of hydrogen-bond donors (Lipinski definition) is 1. The minimum atomic E-state index is -0.491. The molecule has 0 spiro atoms. The van der Waals surface area contributed by atoms with Gasteiger partial charge in [-0.05, 0) is 40.2 Å². The second kappa shape index (κ2) is 6.01. The molecule has 2 aromatic rings. The molecule has 0 fully saturated rings. The Morgan fingerprint density at radius 2 is 1.86 bits per heavy atom. The molecule has 6 nitrogen and oxygen atoms in total. The quantitative estimate of drug-likeness (QED) is 0.677. The summed E-state index contributed by atoms with van der Waals surface area (Å²) in [5.74, 6) is -0.974. The standard InChI is InChI=1S/C14H13BrN2O4/c1-20-13(18)8-6-9(15)12(10(16)7-8)17-5-3-4-11(17)14(19)21-2/h3-7H,16H2,1-2H3. The number of nitrogens with zero attached hydrogens (tertiary/aromatic N) is 1. The van der Waals surface area contributed by atoms with E-state index in [9.17, 15) is 9.59 Å². The summed E-state index contributed by atoms with van der Waals surface area (Å²) in [5.41, 5.74) is 7.53. The fourth-order valence-corrected chi connectivity index (χ4v) is 2.62. The SMILES string of the molecule is COC(=O)c1cc(N)c(-n2cccc2C(=O)OC)c(Br)c1. The summed E-state index contributed by atoms with van der Waals surface area (Å²) < 4.78 is 11.5. The highest BCUT2D eigenvalue weighted by atomic mass is 79.9. The van der Waals surface area contributed by atoms with Crippen LogP contribution in [-0.4, -0.2) is 30.7 Å².